The Kier molecular flexibility index (Phi) is 7.09. The molecular formula is C19H17ClF2N4O3. The smallest absolute Gasteiger partial charge is 0.269 e. The highest BCUT2D eigenvalue weighted by atomic mass is 35.5. The summed E-state index contributed by atoms with van der Waals surface area (Å²) >= 11 is 6.10. The molecule has 2 aromatic rings. The summed E-state index contributed by atoms with van der Waals surface area (Å²) in [4.78, 5) is 27.7. The molecule has 0 aliphatic carbocycles. The van der Waals surface area contributed by atoms with Gasteiger partial charge in [0.15, 0.2) is 11.6 Å². The number of hydrogen-bond acceptors (Lipinski definition) is 4. The first-order valence-corrected chi connectivity index (χ1v) is 8.70. The van der Waals surface area contributed by atoms with Crippen LogP contribution in [0.15, 0.2) is 30.3 Å². The van der Waals surface area contributed by atoms with Crippen LogP contribution in [-0.4, -0.2) is 29.1 Å². The average Bonchev–Trinajstić information content (AvgIpc) is 2.68. The van der Waals surface area contributed by atoms with E-state index in [1.165, 1.54) is 19.1 Å². The van der Waals surface area contributed by atoms with Gasteiger partial charge in [-0.15, -0.1) is 0 Å². The predicted molar refractivity (Wildman–Crippen MR) is 104 cm³/mol. The molecular weight excluding hydrogens is 406 g/mol. The van der Waals surface area contributed by atoms with Crippen molar-refractivity contribution in [2.45, 2.75) is 26.0 Å². The minimum Gasteiger partial charge on any atom is -0.391 e. The zero-order valence-electron chi connectivity index (χ0n) is 15.4. The van der Waals surface area contributed by atoms with Gasteiger partial charge in [0.2, 0.25) is 5.69 Å². The molecule has 2 rings (SSSR count). The summed E-state index contributed by atoms with van der Waals surface area (Å²) in [5, 5.41) is 13.0. The highest BCUT2D eigenvalue weighted by molar-refractivity contribution is 6.34. The summed E-state index contributed by atoms with van der Waals surface area (Å²) in [6, 6.07) is 4.34. The van der Waals surface area contributed by atoms with Crippen LogP contribution in [0.1, 0.15) is 22.8 Å². The fourth-order valence-electron chi connectivity index (χ4n) is 2.39. The van der Waals surface area contributed by atoms with Crippen molar-refractivity contribution in [3.8, 4) is 0 Å². The third kappa shape index (κ3) is 5.19. The Bertz CT molecular complexity index is 992. The number of aliphatic hydroxyl groups is 1. The fourth-order valence-corrected chi connectivity index (χ4v) is 2.60. The largest absolute Gasteiger partial charge is 0.391 e. The molecule has 0 heterocycles. The summed E-state index contributed by atoms with van der Waals surface area (Å²) in [5.74, 6) is -3.98. The van der Waals surface area contributed by atoms with Crippen molar-refractivity contribution in [3.63, 3.8) is 0 Å². The Morgan fingerprint density at radius 2 is 1.86 bits per heavy atom. The van der Waals surface area contributed by atoms with Crippen LogP contribution in [0.3, 0.4) is 0 Å². The van der Waals surface area contributed by atoms with Gasteiger partial charge in [0.05, 0.1) is 17.7 Å². The second-order valence-electron chi connectivity index (χ2n) is 6.12. The fraction of sp³-hybridized carbons (Fsp3) is 0.211. The first-order valence-electron chi connectivity index (χ1n) is 8.32. The summed E-state index contributed by atoms with van der Waals surface area (Å²) in [7, 11) is 0. The zero-order chi connectivity index (χ0) is 21.7. The molecule has 0 unspecified atom stereocenters. The number of benzene rings is 2. The highest BCUT2D eigenvalue weighted by Crippen LogP contribution is 2.33. The van der Waals surface area contributed by atoms with Crippen molar-refractivity contribution in [2.24, 2.45) is 0 Å². The van der Waals surface area contributed by atoms with Gasteiger partial charge in [0.1, 0.15) is 6.04 Å². The summed E-state index contributed by atoms with van der Waals surface area (Å²) < 4.78 is 26.2. The second-order valence-corrected chi connectivity index (χ2v) is 6.50. The molecule has 0 aliphatic rings. The molecule has 0 bridgehead atoms. The van der Waals surface area contributed by atoms with Crippen LogP contribution < -0.4 is 16.2 Å². The Morgan fingerprint density at radius 1 is 1.17 bits per heavy atom. The van der Waals surface area contributed by atoms with E-state index in [1.54, 1.807) is 6.92 Å². The highest BCUT2D eigenvalue weighted by Gasteiger charge is 2.25. The maximum atomic E-state index is 13.2. The van der Waals surface area contributed by atoms with Crippen LogP contribution >= 0.6 is 11.6 Å². The molecule has 0 aliphatic heterocycles. The van der Waals surface area contributed by atoms with E-state index in [9.17, 15) is 23.5 Å². The van der Waals surface area contributed by atoms with E-state index in [-0.39, 0.29) is 16.3 Å². The molecule has 2 atom stereocenters. The molecule has 29 heavy (non-hydrogen) atoms. The van der Waals surface area contributed by atoms with Gasteiger partial charge >= 0.3 is 0 Å². The van der Waals surface area contributed by atoms with E-state index in [0.717, 1.165) is 12.1 Å². The third-order valence-corrected chi connectivity index (χ3v) is 4.52. The molecule has 10 heteroatoms. The molecule has 4 N–H and O–H groups in total. The first kappa shape index (κ1) is 22.1. The number of halogens is 3. The van der Waals surface area contributed by atoms with E-state index in [2.05, 4.69) is 21.0 Å². The number of carbonyl (C=O) groups is 2. The van der Waals surface area contributed by atoms with E-state index < -0.39 is 35.6 Å². The number of hydrazine groups is 1. The van der Waals surface area contributed by atoms with E-state index in [4.69, 9.17) is 18.2 Å². The summed E-state index contributed by atoms with van der Waals surface area (Å²) in [6.45, 7) is 10.1. The number of hydrogen-bond donors (Lipinski definition) is 4. The minimum absolute atomic E-state index is 0.205. The molecule has 0 fully saturated rings. The van der Waals surface area contributed by atoms with Gasteiger partial charge < -0.3 is 10.4 Å². The van der Waals surface area contributed by atoms with Gasteiger partial charge in [-0.2, -0.15) is 0 Å². The van der Waals surface area contributed by atoms with Crippen LogP contribution in [0.5, 0.6) is 0 Å². The lowest BCUT2D eigenvalue weighted by Gasteiger charge is -2.23. The second kappa shape index (κ2) is 9.32. The lowest BCUT2D eigenvalue weighted by molar-refractivity contribution is -0.124. The summed E-state index contributed by atoms with van der Waals surface area (Å²) in [6.07, 6.45) is -1.17. The molecule has 0 saturated carbocycles. The number of nitrogens with one attached hydrogen (secondary N) is 3. The van der Waals surface area contributed by atoms with Crippen LogP contribution in [0.25, 0.3) is 4.85 Å². The number of rotatable bonds is 5. The first-order chi connectivity index (χ1) is 13.6. The topological polar surface area (TPSA) is 94.8 Å². The Hall–Kier alpha value is -3.22. The average molecular weight is 423 g/mol. The predicted octanol–water partition coefficient (Wildman–Crippen LogP) is 3.10. The van der Waals surface area contributed by atoms with Crippen molar-refractivity contribution in [2.75, 3.05) is 5.32 Å². The number of amides is 2. The molecule has 2 amide bonds. The third-order valence-electron chi connectivity index (χ3n) is 4.04. The van der Waals surface area contributed by atoms with Crippen LogP contribution in [-0.2, 0) is 4.79 Å². The van der Waals surface area contributed by atoms with Crippen molar-refractivity contribution in [1.82, 2.24) is 10.9 Å². The molecule has 0 radical (unpaired) electrons. The van der Waals surface area contributed by atoms with Gasteiger partial charge in [-0.1, -0.05) is 17.7 Å². The number of anilines is 1. The van der Waals surface area contributed by atoms with Crippen LogP contribution in [0, 0.1) is 25.1 Å². The molecule has 0 spiro atoms. The quantitative estimate of drug-likeness (QED) is 0.440. The normalized spacial score (nSPS) is 12.4. The molecule has 7 nitrogen and oxygen atoms in total. The van der Waals surface area contributed by atoms with Gasteiger partial charge in [-0.3, -0.25) is 20.4 Å². The molecule has 2 aromatic carbocycles. The zero-order valence-corrected chi connectivity index (χ0v) is 16.1. The Labute approximate surface area is 170 Å². The van der Waals surface area contributed by atoms with Gasteiger partial charge in [0, 0.05) is 11.3 Å². The molecule has 0 aromatic heterocycles. The lowest BCUT2D eigenvalue weighted by Crippen LogP contribution is -2.52. The monoisotopic (exact) mass is 422 g/mol. The SMILES string of the molecule is [C-]#[N+]c1ccc(N[C@@H](C(=O)NNC(=O)c2ccc(F)c(F)c2)[C@@H](C)O)c(C)c1Cl. The van der Waals surface area contributed by atoms with Gasteiger partial charge in [0.25, 0.3) is 11.8 Å². The maximum absolute atomic E-state index is 13.2. The van der Waals surface area contributed by atoms with Gasteiger partial charge in [-0.25, -0.2) is 13.6 Å². The molecule has 0 saturated heterocycles. The maximum Gasteiger partial charge on any atom is 0.269 e. The number of aliphatic hydroxyl groups excluding tert-OH is 1. The Morgan fingerprint density at radius 3 is 2.45 bits per heavy atom. The van der Waals surface area contributed by atoms with Crippen molar-refractivity contribution < 1.29 is 23.5 Å². The standard InChI is InChI=1S/C19H17ClF2N4O3/c1-9-14(6-7-15(23-3)16(9)20)24-17(10(2)27)19(29)26-25-18(28)11-4-5-12(21)13(22)8-11/h4-8,10,17,24,27H,1-2H3,(H,25,28)(H,26,29)/t10-,17-/m1/s1. The summed E-state index contributed by atoms with van der Waals surface area (Å²) in [5.41, 5.74) is 5.13. The van der Waals surface area contributed by atoms with Crippen molar-refractivity contribution in [1.29, 1.82) is 0 Å². The number of carbonyl (C=O) groups excluding carboxylic acids is 2. The lowest BCUT2D eigenvalue weighted by atomic mass is 10.1. The van der Waals surface area contributed by atoms with E-state index >= 15 is 0 Å². The van der Waals surface area contributed by atoms with Crippen LogP contribution in [0.4, 0.5) is 20.2 Å². The van der Waals surface area contributed by atoms with Crippen molar-refractivity contribution in [3.05, 3.63) is 69.5 Å². The molecule has 152 valence electrons. The Balaban J connectivity index is 2.10. The number of nitrogens with zero attached hydrogens (tertiary/aromatic N) is 1. The van der Waals surface area contributed by atoms with E-state index in [0.29, 0.717) is 17.3 Å². The minimum atomic E-state index is -1.21. The van der Waals surface area contributed by atoms with Crippen molar-refractivity contribution >= 4 is 34.8 Å². The van der Waals surface area contributed by atoms with Crippen LogP contribution in [0.2, 0.25) is 5.02 Å². The van der Waals surface area contributed by atoms with Gasteiger partial charge in [-0.05, 0) is 43.7 Å². The van der Waals surface area contributed by atoms with E-state index in [1.807, 2.05) is 0 Å².